The number of hydrogen-bond donors (Lipinski definition) is 2. The van der Waals surface area contributed by atoms with Crippen molar-refractivity contribution in [2.45, 2.75) is 6.92 Å². The maximum atomic E-state index is 5.29. The van der Waals surface area contributed by atoms with Gasteiger partial charge in [0.05, 0.1) is 19.9 Å². The molecule has 0 spiro atoms. The topological polar surface area (TPSA) is 54.9 Å². The van der Waals surface area contributed by atoms with Gasteiger partial charge in [0.15, 0.2) is 5.11 Å². The number of nitrogens with one attached hydrogen (secondary N) is 2. The Kier molecular flexibility index (Phi) is 5.38. The summed E-state index contributed by atoms with van der Waals surface area (Å²) in [5.41, 5.74) is 4.33. The lowest BCUT2D eigenvalue weighted by Crippen LogP contribution is -2.29. The van der Waals surface area contributed by atoms with Crippen LogP contribution in [0, 0.1) is 0 Å². The largest absolute Gasteiger partial charge is 0.497 e. The zero-order chi connectivity index (χ0) is 13.5. The molecule has 98 valence electrons. The van der Waals surface area contributed by atoms with Crippen molar-refractivity contribution in [1.82, 2.24) is 10.7 Å². The van der Waals surface area contributed by atoms with Crippen molar-refractivity contribution in [2.24, 2.45) is 5.10 Å². The highest BCUT2D eigenvalue weighted by atomic mass is 32.1. The van der Waals surface area contributed by atoms with E-state index in [-0.39, 0.29) is 0 Å². The van der Waals surface area contributed by atoms with Crippen molar-refractivity contribution in [3.05, 3.63) is 23.8 Å². The first-order valence-electron chi connectivity index (χ1n) is 5.36. The van der Waals surface area contributed by atoms with E-state index >= 15 is 0 Å². The summed E-state index contributed by atoms with van der Waals surface area (Å²) in [7, 11) is 4.96. The Bertz CT molecular complexity index is 461. The molecule has 0 aliphatic rings. The molecule has 0 unspecified atom stereocenters. The van der Waals surface area contributed by atoms with Crippen molar-refractivity contribution < 1.29 is 9.47 Å². The third kappa shape index (κ3) is 3.59. The van der Waals surface area contributed by atoms with Gasteiger partial charge in [0.2, 0.25) is 0 Å². The van der Waals surface area contributed by atoms with Gasteiger partial charge < -0.3 is 14.8 Å². The minimum Gasteiger partial charge on any atom is -0.497 e. The standard InChI is InChI=1S/C12H17N3O2S/c1-8(14-15-12(18)13-2)10-7-9(16-3)5-6-11(10)17-4/h5-7H,1-4H3,(H2,13,15,18)/b14-8+. The molecule has 1 aromatic carbocycles. The molecule has 18 heavy (non-hydrogen) atoms. The first-order chi connectivity index (χ1) is 8.62. The normalized spacial score (nSPS) is 10.8. The predicted octanol–water partition coefficient (Wildman–Crippen LogP) is 1.52. The fourth-order valence-corrected chi connectivity index (χ4v) is 1.39. The molecule has 6 heteroatoms. The van der Waals surface area contributed by atoms with Crippen molar-refractivity contribution in [3.63, 3.8) is 0 Å². The summed E-state index contributed by atoms with van der Waals surface area (Å²) < 4.78 is 10.5. The van der Waals surface area contributed by atoms with Gasteiger partial charge in [-0.3, -0.25) is 5.43 Å². The Hall–Kier alpha value is -1.82. The maximum absolute atomic E-state index is 5.29. The molecule has 1 rings (SSSR count). The highest BCUT2D eigenvalue weighted by Crippen LogP contribution is 2.24. The van der Waals surface area contributed by atoms with Crippen LogP contribution in [0.25, 0.3) is 0 Å². The Morgan fingerprint density at radius 2 is 2.00 bits per heavy atom. The van der Waals surface area contributed by atoms with E-state index in [9.17, 15) is 0 Å². The fraction of sp³-hybridized carbons (Fsp3) is 0.333. The van der Waals surface area contributed by atoms with Gasteiger partial charge in [0.25, 0.3) is 0 Å². The number of ether oxygens (including phenoxy) is 2. The maximum Gasteiger partial charge on any atom is 0.186 e. The molecule has 0 bridgehead atoms. The summed E-state index contributed by atoms with van der Waals surface area (Å²) in [4.78, 5) is 0. The molecule has 5 nitrogen and oxygen atoms in total. The van der Waals surface area contributed by atoms with Crippen LogP contribution in [-0.4, -0.2) is 32.1 Å². The molecule has 0 aromatic heterocycles. The van der Waals surface area contributed by atoms with Crippen LogP contribution >= 0.6 is 12.2 Å². The number of benzene rings is 1. The second kappa shape index (κ2) is 6.80. The van der Waals surface area contributed by atoms with Crippen LogP contribution in [0.3, 0.4) is 0 Å². The highest BCUT2D eigenvalue weighted by molar-refractivity contribution is 7.80. The molecule has 2 N–H and O–H groups in total. The molecule has 0 radical (unpaired) electrons. The molecule has 0 atom stereocenters. The first-order valence-corrected chi connectivity index (χ1v) is 5.77. The number of rotatable bonds is 4. The second-order valence-corrected chi connectivity index (χ2v) is 3.86. The SMILES string of the molecule is CNC(=S)N/N=C(\C)c1cc(OC)ccc1OC. The molecule has 0 saturated heterocycles. The predicted molar refractivity (Wildman–Crippen MR) is 76.6 cm³/mol. The molecule has 0 heterocycles. The van der Waals surface area contributed by atoms with E-state index < -0.39 is 0 Å². The number of methoxy groups -OCH3 is 2. The van der Waals surface area contributed by atoms with Crippen LogP contribution in [0.2, 0.25) is 0 Å². The molecular formula is C12H17N3O2S. The van der Waals surface area contributed by atoms with E-state index in [1.807, 2.05) is 25.1 Å². The smallest absolute Gasteiger partial charge is 0.186 e. The van der Waals surface area contributed by atoms with Crippen LogP contribution < -0.4 is 20.2 Å². The lowest BCUT2D eigenvalue weighted by molar-refractivity contribution is 0.402. The summed E-state index contributed by atoms with van der Waals surface area (Å²) >= 11 is 4.95. The Balaban J connectivity index is 3.02. The summed E-state index contributed by atoms with van der Waals surface area (Å²) in [5, 5.41) is 7.41. The van der Waals surface area contributed by atoms with Gasteiger partial charge in [-0.2, -0.15) is 5.10 Å². The van der Waals surface area contributed by atoms with Crippen LogP contribution in [0.5, 0.6) is 11.5 Å². The molecule has 1 aromatic rings. The monoisotopic (exact) mass is 267 g/mol. The van der Waals surface area contributed by atoms with Crippen LogP contribution in [0.4, 0.5) is 0 Å². The Labute approximate surface area is 112 Å². The van der Waals surface area contributed by atoms with E-state index in [1.54, 1.807) is 21.3 Å². The summed E-state index contributed by atoms with van der Waals surface area (Å²) in [6.45, 7) is 1.86. The molecule has 0 aliphatic carbocycles. The van der Waals surface area contributed by atoms with Crippen LogP contribution in [0.15, 0.2) is 23.3 Å². The Morgan fingerprint density at radius 1 is 1.28 bits per heavy atom. The van der Waals surface area contributed by atoms with Crippen molar-refractivity contribution in [2.75, 3.05) is 21.3 Å². The average Bonchev–Trinajstić information content (AvgIpc) is 2.43. The fourth-order valence-electron chi connectivity index (χ4n) is 1.35. The van der Waals surface area contributed by atoms with Gasteiger partial charge >= 0.3 is 0 Å². The minimum absolute atomic E-state index is 0.455. The van der Waals surface area contributed by atoms with Crippen molar-refractivity contribution in [1.29, 1.82) is 0 Å². The molecule has 0 amide bonds. The summed E-state index contributed by atoms with van der Waals surface area (Å²) in [6.07, 6.45) is 0. The van der Waals surface area contributed by atoms with Gasteiger partial charge in [0, 0.05) is 12.6 Å². The number of thiocarbonyl (C=S) groups is 1. The average molecular weight is 267 g/mol. The van der Waals surface area contributed by atoms with E-state index in [2.05, 4.69) is 15.8 Å². The summed E-state index contributed by atoms with van der Waals surface area (Å²) in [5.74, 6) is 1.48. The number of hydrogen-bond acceptors (Lipinski definition) is 4. The lowest BCUT2D eigenvalue weighted by atomic mass is 10.1. The second-order valence-electron chi connectivity index (χ2n) is 3.45. The highest BCUT2D eigenvalue weighted by Gasteiger charge is 2.08. The first kappa shape index (κ1) is 14.2. The van der Waals surface area contributed by atoms with Crippen LogP contribution in [0.1, 0.15) is 12.5 Å². The van der Waals surface area contributed by atoms with Crippen molar-refractivity contribution in [3.8, 4) is 11.5 Å². The number of nitrogens with zero attached hydrogens (tertiary/aromatic N) is 1. The Morgan fingerprint density at radius 3 is 2.56 bits per heavy atom. The zero-order valence-electron chi connectivity index (χ0n) is 10.9. The third-order valence-electron chi connectivity index (χ3n) is 2.35. The zero-order valence-corrected chi connectivity index (χ0v) is 11.7. The van der Waals surface area contributed by atoms with E-state index in [4.69, 9.17) is 21.7 Å². The van der Waals surface area contributed by atoms with Crippen molar-refractivity contribution >= 4 is 23.0 Å². The van der Waals surface area contributed by atoms with E-state index in [1.165, 1.54) is 0 Å². The molecular weight excluding hydrogens is 250 g/mol. The van der Waals surface area contributed by atoms with Gasteiger partial charge in [-0.05, 0) is 37.3 Å². The van der Waals surface area contributed by atoms with Gasteiger partial charge in [-0.1, -0.05) is 0 Å². The van der Waals surface area contributed by atoms with E-state index in [0.29, 0.717) is 5.11 Å². The third-order valence-corrected chi connectivity index (χ3v) is 2.64. The van der Waals surface area contributed by atoms with Gasteiger partial charge in [-0.25, -0.2) is 0 Å². The van der Waals surface area contributed by atoms with Gasteiger partial charge in [-0.15, -0.1) is 0 Å². The van der Waals surface area contributed by atoms with Gasteiger partial charge in [0.1, 0.15) is 11.5 Å². The number of hydrazone groups is 1. The molecule has 0 fully saturated rings. The summed E-state index contributed by atoms with van der Waals surface area (Å²) in [6, 6.07) is 5.53. The molecule has 0 aliphatic heterocycles. The minimum atomic E-state index is 0.455. The lowest BCUT2D eigenvalue weighted by Gasteiger charge is -2.10. The van der Waals surface area contributed by atoms with Crippen LogP contribution in [-0.2, 0) is 0 Å². The molecule has 0 saturated carbocycles. The quantitative estimate of drug-likeness (QED) is 0.492. The van der Waals surface area contributed by atoms with E-state index in [0.717, 1.165) is 22.8 Å².